The van der Waals surface area contributed by atoms with Crippen LogP contribution in [0.25, 0.3) is 22.4 Å². The molecule has 0 unspecified atom stereocenters. The summed E-state index contributed by atoms with van der Waals surface area (Å²) in [4.78, 5) is 4.86. The second-order valence-corrected chi connectivity index (χ2v) is 6.32. The van der Waals surface area contributed by atoms with Gasteiger partial charge in [-0.25, -0.2) is 4.98 Å². The highest BCUT2D eigenvalue weighted by Crippen LogP contribution is 2.27. The second-order valence-electron chi connectivity index (χ2n) is 5.47. The van der Waals surface area contributed by atoms with Crippen LogP contribution in [0.2, 0.25) is 0 Å². The van der Waals surface area contributed by atoms with E-state index in [-0.39, 0.29) is 0 Å². The highest BCUT2D eigenvalue weighted by molar-refractivity contribution is 9.10. The van der Waals surface area contributed by atoms with Crippen molar-refractivity contribution in [3.8, 4) is 11.4 Å². The van der Waals surface area contributed by atoms with E-state index in [9.17, 15) is 0 Å². The first kappa shape index (κ1) is 14.2. The number of nitrogens with zero attached hydrogens (tertiary/aromatic N) is 2. The van der Waals surface area contributed by atoms with Crippen molar-refractivity contribution in [3.63, 3.8) is 0 Å². The van der Waals surface area contributed by atoms with Crippen LogP contribution in [0.15, 0.2) is 83.3 Å². The molecule has 3 heteroatoms. The van der Waals surface area contributed by atoms with E-state index in [1.54, 1.807) is 0 Å². The van der Waals surface area contributed by atoms with Crippen LogP contribution in [-0.2, 0) is 6.54 Å². The molecule has 1 aromatic heterocycles. The molecule has 0 aliphatic heterocycles. The minimum atomic E-state index is 0.784. The lowest BCUT2D eigenvalue weighted by Crippen LogP contribution is -2.02. The summed E-state index contributed by atoms with van der Waals surface area (Å²) < 4.78 is 3.40. The Morgan fingerprint density at radius 3 is 2.30 bits per heavy atom. The maximum absolute atomic E-state index is 4.86. The SMILES string of the molecule is Brc1ccccc1Cn1c(-c2ccccc2)nc2ccccc21. The molecule has 0 bridgehead atoms. The first-order valence-corrected chi connectivity index (χ1v) is 8.36. The predicted octanol–water partition coefficient (Wildman–Crippen LogP) is 5.51. The van der Waals surface area contributed by atoms with Crippen LogP contribution in [0, 0.1) is 0 Å². The third kappa shape index (κ3) is 2.68. The molecule has 0 spiro atoms. The lowest BCUT2D eigenvalue weighted by atomic mass is 10.2. The molecule has 112 valence electrons. The summed E-state index contributed by atoms with van der Waals surface area (Å²) in [6.45, 7) is 0.784. The van der Waals surface area contributed by atoms with E-state index in [0.29, 0.717) is 0 Å². The van der Waals surface area contributed by atoms with Gasteiger partial charge in [0.2, 0.25) is 0 Å². The Balaban J connectivity index is 1.92. The maximum atomic E-state index is 4.86. The van der Waals surface area contributed by atoms with Crippen molar-refractivity contribution in [3.05, 3.63) is 88.9 Å². The van der Waals surface area contributed by atoms with Gasteiger partial charge in [-0.05, 0) is 23.8 Å². The summed E-state index contributed by atoms with van der Waals surface area (Å²) in [6.07, 6.45) is 0. The Hall–Kier alpha value is -2.39. The smallest absolute Gasteiger partial charge is 0.141 e. The lowest BCUT2D eigenvalue weighted by Gasteiger charge is -2.11. The summed E-state index contributed by atoms with van der Waals surface area (Å²) >= 11 is 3.65. The zero-order chi connectivity index (χ0) is 15.6. The Morgan fingerprint density at radius 2 is 1.48 bits per heavy atom. The number of hydrogen-bond donors (Lipinski definition) is 0. The fourth-order valence-electron chi connectivity index (χ4n) is 2.84. The molecule has 0 N–H and O–H groups in total. The Morgan fingerprint density at radius 1 is 0.783 bits per heavy atom. The molecule has 4 aromatic rings. The lowest BCUT2D eigenvalue weighted by molar-refractivity contribution is 0.831. The monoisotopic (exact) mass is 362 g/mol. The number of hydrogen-bond acceptors (Lipinski definition) is 1. The van der Waals surface area contributed by atoms with Crippen LogP contribution in [-0.4, -0.2) is 9.55 Å². The Kier molecular flexibility index (Phi) is 3.72. The van der Waals surface area contributed by atoms with Gasteiger partial charge in [0.25, 0.3) is 0 Å². The van der Waals surface area contributed by atoms with Crippen molar-refractivity contribution < 1.29 is 0 Å². The molecule has 0 saturated heterocycles. The zero-order valence-corrected chi connectivity index (χ0v) is 14.1. The van der Waals surface area contributed by atoms with Crippen LogP contribution in [0.5, 0.6) is 0 Å². The second kappa shape index (κ2) is 6.01. The fourth-order valence-corrected chi connectivity index (χ4v) is 3.25. The van der Waals surface area contributed by atoms with E-state index in [1.807, 2.05) is 18.2 Å². The molecule has 4 rings (SSSR count). The number of imidazole rings is 1. The van der Waals surface area contributed by atoms with Crippen LogP contribution in [0.1, 0.15) is 5.56 Å². The van der Waals surface area contributed by atoms with E-state index in [2.05, 4.69) is 81.2 Å². The predicted molar refractivity (Wildman–Crippen MR) is 98.4 cm³/mol. The molecule has 0 saturated carbocycles. The van der Waals surface area contributed by atoms with Gasteiger partial charge >= 0.3 is 0 Å². The van der Waals surface area contributed by atoms with Crippen LogP contribution in [0.4, 0.5) is 0 Å². The molecule has 0 radical (unpaired) electrons. The number of fused-ring (bicyclic) bond motifs is 1. The largest absolute Gasteiger partial charge is 0.319 e. The number of para-hydroxylation sites is 2. The highest BCUT2D eigenvalue weighted by atomic mass is 79.9. The first-order valence-electron chi connectivity index (χ1n) is 7.57. The van der Waals surface area contributed by atoms with Crippen LogP contribution >= 0.6 is 15.9 Å². The topological polar surface area (TPSA) is 17.8 Å². The van der Waals surface area contributed by atoms with E-state index in [4.69, 9.17) is 4.98 Å². The molecule has 0 aliphatic rings. The van der Waals surface area contributed by atoms with Crippen molar-refractivity contribution in [2.45, 2.75) is 6.54 Å². The van der Waals surface area contributed by atoms with E-state index in [0.717, 1.165) is 33.4 Å². The van der Waals surface area contributed by atoms with Crippen molar-refractivity contribution in [1.29, 1.82) is 0 Å². The quantitative estimate of drug-likeness (QED) is 0.469. The summed E-state index contributed by atoms with van der Waals surface area (Å²) in [5.74, 6) is 1.00. The average molecular weight is 363 g/mol. The number of aromatic nitrogens is 2. The number of rotatable bonds is 3. The summed E-state index contributed by atoms with van der Waals surface area (Å²) in [7, 11) is 0. The molecule has 0 aliphatic carbocycles. The minimum Gasteiger partial charge on any atom is -0.319 e. The zero-order valence-electron chi connectivity index (χ0n) is 12.5. The molecule has 0 fully saturated rings. The number of benzene rings is 3. The van der Waals surface area contributed by atoms with E-state index in [1.165, 1.54) is 5.56 Å². The third-order valence-electron chi connectivity index (χ3n) is 3.97. The van der Waals surface area contributed by atoms with E-state index >= 15 is 0 Å². The van der Waals surface area contributed by atoms with Crippen molar-refractivity contribution >= 4 is 27.0 Å². The molecule has 0 atom stereocenters. The summed E-state index contributed by atoms with van der Waals surface area (Å²) in [5.41, 5.74) is 4.56. The Bertz CT molecular complexity index is 958. The molecular formula is C20H15BrN2. The molecule has 23 heavy (non-hydrogen) atoms. The Labute approximate surface area is 143 Å². The summed E-state index contributed by atoms with van der Waals surface area (Å²) in [6, 6.07) is 27.0. The number of halogens is 1. The minimum absolute atomic E-state index is 0.784. The van der Waals surface area contributed by atoms with Gasteiger partial charge in [-0.1, -0.05) is 76.6 Å². The molecule has 2 nitrogen and oxygen atoms in total. The van der Waals surface area contributed by atoms with Gasteiger partial charge in [0.15, 0.2) is 0 Å². The molecule has 3 aromatic carbocycles. The van der Waals surface area contributed by atoms with Crippen LogP contribution < -0.4 is 0 Å². The van der Waals surface area contributed by atoms with Crippen LogP contribution in [0.3, 0.4) is 0 Å². The molecular weight excluding hydrogens is 348 g/mol. The van der Waals surface area contributed by atoms with Gasteiger partial charge in [0, 0.05) is 10.0 Å². The molecule has 0 amide bonds. The molecule has 1 heterocycles. The third-order valence-corrected chi connectivity index (χ3v) is 4.75. The van der Waals surface area contributed by atoms with Gasteiger partial charge in [-0.3, -0.25) is 0 Å². The van der Waals surface area contributed by atoms with Gasteiger partial charge in [0.05, 0.1) is 17.6 Å². The summed E-state index contributed by atoms with van der Waals surface area (Å²) in [5, 5.41) is 0. The van der Waals surface area contributed by atoms with Crippen molar-refractivity contribution in [1.82, 2.24) is 9.55 Å². The van der Waals surface area contributed by atoms with E-state index < -0.39 is 0 Å². The normalized spacial score (nSPS) is 11.0. The van der Waals surface area contributed by atoms with Gasteiger partial charge in [-0.2, -0.15) is 0 Å². The van der Waals surface area contributed by atoms with Gasteiger partial charge < -0.3 is 4.57 Å². The standard InChI is InChI=1S/C20H15BrN2/c21-17-11-5-4-10-16(17)14-23-19-13-7-6-12-18(19)22-20(23)15-8-2-1-3-9-15/h1-13H,14H2. The van der Waals surface area contributed by atoms with Gasteiger partial charge in [0.1, 0.15) is 5.82 Å². The fraction of sp³-hybridized carbons (Fsp3) is 0.0500. The van der Waals surface area contributed by atoms with Crippen molar-refractivity contribution in [2.75, 3.05) is 0 Å². The highest BCUT2D eigenvalue weighted by Gasteiger charge is 2.13. The maximum Gasteiger partial charge on any atom is 0.141 e. The first-order chi connectivity index (χ1) is 11.3. The van der Waals surface area contributed by atoms with Crippen molar-refractivity contribution in [2.24, 2.45) is 0 Å². The van der Waals surface area contributed by atoms with Gasteiger partial charge in [-0.15, -0.1) is 0 Å². The average Bonchev–Trinajstić information content (AvgIpc) is 2.96.